The van der Waals surface area contributed by atoms with E-state index < -0.39 is 5.41 Å². The summed E-state index contributed by atoms with van der Waals surface area (Å²) in [6.45, 7) is 9.20. The first-order chi connectivity index (χ1) is 5.80. The van der Waals surface area contributed by atoms with E-state index in [0.717, 1.165) is 12.8 Å². The predicted molar refractivity (Wildman–Crippen MR) is 53.5 cm³/mol. The van der Waals surface area contributed by atoms with Crippen molar-refractivity contribution >= 4 is 11.6 Å². The van der Waals surface area contributed by atoms with Gasteiger partial charge in [-0.05, 0) is 6.42 Å². The molecule has 0 bridgehead atoms. The summed E-state index contributed by atoms with van der Waals surface area (Å²) in [5, 5.41) is 0. The fourth-order valence-corrected chi connectivity index (χ4v) is 1.16. The van der Waals surface area contributed by atoms with Gasteiger partial charge in [-0.3, -0.25) is 9.59 Å². The van der Waals surface area contributed by atoms with Crippen molar-refractivity contribution < 1.29 is 50.4 Å². The van der Waals surface area contributed by atoms with Crippen molar-refractivity contribution in [3.63, 3.8) is 0 Å². The molecule has 0 aliphatic heterocycles. The summed E-state index contributed by atoms with van der Waals surface area (Å²) in [7, 11) is 0. The van der Waals surface area contributed by atoms with Crippen molar-refractivity contribution in [3.05, 3.63) is 0 Å². The third kappa shape index (κ3) is 5.54. The average Bonchev–Trinajstić information content (AvgIpc) is 2.00. The minimum absolute atomic E-state index is 0. The molecule has 0 aromatic carbocycles. The van der Waals surface area contributed by atoms with Gasteiger partial charge in [-0.2, -0.15) is 0 Å². The minimum Gasteiger partial charge on any atom is -0.291 e. The molecule has 80 valence electrons. The minimum atomic E-state index is -0.529. The van der Waals surface area contributed by atoms with E-state index in [-0.39, 0.29) is 58.3 Å². The molecule has 0 saturated heterocycles. The van der Waals surface area contributed by atoms with E-state index in [1.54, 1.807) is 20.8 Å². The Balaban J connectivity index is 0. The first-order valence-electron chi connectivity index (χ1n) is 4.89. The molecule has 0 N–H and O–H groups in total. The molecule has 0 rings (SSSR count). The molecular formula is C11H20NdO2. The normalized spacial score (nSPS) is 12.9. The van der Waals surface area contributed by atoms with Crippen LogP contribution in [0.5, 0.6) is 0 Å². The zero-order valence-corrected chi connectivity index (χ0v) is 13.0. The fraction of sp³-hybridized carbons (Fsp3) is 0.818. The van der Waals surface area contributed by atoms with Gasteiger partial charge in [0, 0.05) is 52.2 Å². The quantitative estimate of drug-likeness (QED) is 0.744. The van der Waals surface area contributed by atoms with Crippen LogP contribution < -0.4 is 0 Å². The number of carbonyl (C=O) groups excluding carboxylic acids is 2. The van der Waals surface area contributed by atoms with Crippen molar-refractivity contribution in [1.82, 2.24) is 0 Å². The summed E-state index contributed by atoms with van der Waals surface area (Å²) >= 11 is 0. The molecule has 0 heterocycles. The second-order valence-electron chi connectivity index (χ2n) is 4.63. The van der Waals surface area contributed by atoms with Crippen LogP contribution in [0.4, 0.5) is 0 Å². The summed E-state index contributed by atoms with van der Waals surface area (Å²) in [5.41, 5.74) is -0.529. The Kier molecular flexibility index (Phi) is 8.60. The van der Waals surface area contributed by atoms with E-state index in [1.165, 1.54) is 0 Å². The number of Topliss-reactive ketones (excluding diaryl/α,β-unsaturated/α-hetero) is 2. The van der Waals surface area contributed by atoms with Gasteiger partial charge >= 0.3 is 0 Å². The van der Waals surface area contributed by atoms with E-state index in [2.05, 4.69) is 0 Å². The topological polar surface area (TPSA) is 34.1 Å². The Hall–Kier alpha value is 0.691. The number of ketones is 2. The molecular weight excluding hydrogens is 308 g/mol. The second kappa shape index (κ2) is 7.05. The Morgan fingerprint density at radius 2 is 1.64 bits per heavy atom. The smallest absolute Gasteiger partial charge is 0.203 e. The summed E-state index contributed by atoms with van der Waals surface area (Å²) < 4.78 is 0. The van der Waals surface area contributed by atoms with Crippen molar-refractivity contribution in [2.24, 2.45) is 11.3 Å². The van der Waals surface area contributed by atoms with Gasteiger partial charge in [0.2, 0.25) is 11.6 Å². The van der Waals surface area contributed by atoms with Gasteiger partial charge in [0.05, 0.1) is 0 Å². The van der Waals surface area contributed by atoms with Gasteiger partial charge in [-0.25, -0.2) is 0 Å². The maximum absolute atomic E-state index is 11.5. The molecule has 0 radical (unpaired) electrons. The average molecular weight is 329 g/mol. The van der Waals surface area contributed by atoms with E-state index in [0.29, 0.717) is 0 Å². The molecule has 1 unspecified atom stereocenters. The molecule has 1 atom stereocenters. The van der Waals surface area contributed by atoms with Gasteiger partial charge in [-0.1, -0.05) is 41.0 Å². The Labute approximate surface area is 120 Å². The summed E-state index contributed by atoms with van der Waals surface area (Å²) in [6.07, 6.45) is 1.75. The van der Waals surface area contributed by atoms with Crippen molar-refractivity contribution in [3.8, 4) is 0 Å². The van der Waals surface area contributed by atoms with Crippen LogP contribution in [-0.4, -0.2) is 11.6 Å². The largest absolute Gasteiger partial charge is 0.291 e. The summed E-state index contributed by atoms with van der Waals surface area (Å²) in [4.78, 5) is 23.1. The first kappa shape index (κ1) is 17.1. The van der Waals surface area contributed by atoms with Gasteiger partial charge in [0.15, 0.2) is 0 Å². The van der Waals surface area contributed by atoms with Gasteiger partial charge in [-0.15, -0.1) is 0 Å². The van der Waals surface area contributed by atoms with Crippen LogP contribution in [0.15, 0.2) is 0 Å². The van der Waals surface area contributed by atoms with E-state index >= 15 is 0 Å². The molecule has 3 heteroatoms. The standard InChI is InChI=1S/C11H20O2.Nd/c1-6-7-8(2)9(12)10(13)11(3,4)5;/h8H,6-7H2,1-5H3;. The number of hydrogen-bond donors (Lipinski definition) is 0. The number of hydrogen-bond acceptors (Lipinski definition) is 2. The van der Waals surface area contributed by atoms with E-state index in [9.17, 15) is 9.59 Å². The van der Waals surface area contributed by atoms with Crippen LogP contribution in [0.3, 0.4) is 0 Å². The predicted octanol–water partition coefficient (Wildman–Crippen LogP) is 2.61. The van der Waals surface area contributed by atoms with Crippen molar-refractivity contribution in [2.75, 3.05) is 0 Å². The molecule has 0 aromatic rings. The van der Waals surface area contributed by atoms with Gasteiger partial charge in [0.25, 0.3) is 0 Å². The van der Waals surface area contributed by atoms with Crippen molar-refractivity contribution in [1.29, 1.82) is 0 Å². The molecule has 0 aliphatic carbocycles. The summed E-state index contributed by atoms with van der Waals surface area (Å²) in [6, 6.07) is 0. The van der Waals surface area contributed by atoms with Crippen LogP contribution in [-0.2, 0) is 9.59 Å². The maximum Gasteiger partial charge on any atom is 0.203 e. The Morgan fingerprint density at radius 1 is 1.21 bits per heavy atom. The molecule has 14 heavy (non-hydrogen) atoms. The second-order valence-corrected chi connectivity index (χ2v) is 4.63. The van der Waals surface area contributed by atoms with E-state index in [1.807, 2.05) is 13.8 Å². The van der Waals surface area contributed by atoms with Crippen LogP contribution in [0, 0.1) is 52.2 Å². The number of carbonyl (C=O) groups is 2. The monoisotopic (exact) mass is 326 g/mol. The molecule has 0 saturated carbocycles. The third-order valence-electron chi connectivity index (χ3n) is 2.07. The van der Waals surface area contributed by atoms with Crippen LogP contribution in [0.1, 0.15) is 47.5 Å². The Morgan fingerprint density at radius 3 is 1.93 bits per heavy atom. The molecule has 0 amide bonds. The molecule has 0 fully saturated rings. The van der Waals surface area contributed by atoms with E-state index in [4.69, 9.17) is 0 Å². The number of rotatable bonds is 4. The van der Waals surface area contributed by atoms with Crippen LogP contribution in [0.2, 0.25) is 0 Å². The fourth-order valence-electron chi connectivity index (χ4n) is 1.16. The van der Waals surface area contributed by atoms with Crippen LogP contribution >= 0.6 is 0 Å². The Bertz CT molecular complexity index is 204. The molecule has 2 nitrogen and oxygen atoms in total. The van der Waals surface area contributed by atoms with Crippen molar-refractivity contribution in [2.45, 2.75) is 47.5 Å². The van der Waals surface area contributed by atoms with Gasteiger partial charge in [0.1, 0.15) is 0 Å². The molecule has 0 spiro atoms. The van der Waals surface area contributed by atoms with Gasteiger partial charge < -0.3 is 0 Å². The third-order valence-corrected chi connectivity index (χ3v) is 2.07. The zero-order valence-electron chi connectivity index (χ0n) is 9.81. The first-order valence-corrected chi connectivity index (χ1v) is 4.89. The maximum atomic E-state index is 11.5. The SMILES string of the molecule is CCCC(C)C(=O)C(=O)C(C)(C)C.[Nd]. The van der Waals surface area contributed by atoms with Crippen LogP contribution in [0.25, 0.3) is 0 Å². The summed E-state index contributed by atoms with van der Waals surface area (Å²) in [5.74, 6) is -0.570. The zero-order chi connectivity index (χ0) is 10.6. The molecule has 0 aliphatic rings. The molecule has 0 aromatic heterocycles.